The lowest BCUT2D eigenvalue weighted by atomic mass is 9.86. The number of hydrogen-bond donors (Lipinski definition) is 1. The van der Waals surface area contributed by atoms with Crippen molar-refractivity contribution in [3.8, 4) is 0 Å². The predicted octanol–water partition coefficient (Wildman–Crippen LogP) is 6.79. The molecular formula is C27H30F6N2O. The van der Waals surface area contributed by atoms with Gasteiger partial charge in [0.15, 0.2) is 0 Å². The van der Waals surface area contributed by atoms with E-state index in [4.69, 9.17) is 0 Å². The molecule has 0 radical (unpaired) electrons. The molecule has 36 heavy (non-hydrogen) atoms. The summed E-state index contributed by atoms with van der Waals surface area (Å²) in [6.45, 7) is 4.30. The van der Waals surface area contributed by atoms with Gasteiger partial charge >= 0.3 is 12.4 Å². The highest BCUT2D eigenvalue weighted by Crippen LogP contribution is 2.36. The molecule has 0 saturated carbocycles. The number of likely N-dealkylation sites (tertiary alicyclic amines) is 1. The van der Waals surface area contributed by atoms with E-state index in [-0.39, 0.29) is 18.1 Å². The van der Waals surface area contributed by atoms with Crippen LogP contribution < -0.4 is 5.32 Å². The molecule has 9 heteroatoms. The number of hydrogen-bond acceptors (Lipinski definition) is 2. The van der Waals surface area contributed by atoms with E-state index in [9.17, 15) is 31.1 Å². The highest BCUT2D eigenvalue weighted by Gasteiger charge is 2.36. The summed E-state index contributed by atoms with van der Waals surface area (Å²) in [6, 6.07) is 11.4. The van der Waals surface area contributed by atoms with Gasteiger partial charge in [-0.05, 0) is 67.1 Å². The molecule has 3 rings (SSSR count). The first-order valence-corrected chi connectivity index (χ1v) is 11.9. The van der Waals surface area contributed by atoms with Crippen LogP contribution in [0.2, 0.25) is 0 Å². The Hall–Kier alpha value is -2.81. The molecule has 3 nitrogen and oxygen atoms in total. The van der Waals surface area contributed by atoms with Crippen LogP contribution in [0.1, 0.15) is 48.4 Å². The molecule has 0 aliphatic carbocycles. The molecule has 196 valence electrons. The zero-order chi connectivity index (χ0) is 26.3. The van der Waals surface area contributed by atoms with Gasteiger partial charge in [-0.25, -0.2) is 0 Å². The third-order valence-corrected chi connectivity index (χ3v) is 6.41. The topological polar surface area (TPSA) is 32.3 Å². The average molecular weight is 513 g/mol. The Morgan fingerprint density at radius 1 is 1.03 bits per heavy atom. The van der Waals surface area contributed by atoms with Crippen LogP contribution in [0.3, 0.4) is 0 Å². The van der Waals surface area contributed by atoms with Gasteiger partial charge in [0.25, 0.3) is 0 Å². The summed E-state index contributed by atoms with van der Waals surface area (Å²) in [5, 5.41) is 2.44. The van der Waals surface area contributed by atoms with Gasteiger partial charge in [0, 0.05) is 19.5 Å². The van der Waals surface area contributed by atoms with Crippen LogP contribution in [0.15, 0.2) is 54.6 Å². The Balaban J connectivity index is 1.43. The second kappa shape index (κ2) is 12.0. The van der Waals surface area contributed by atoms with Crippen molar-refractivity contribution in [1.82, 2.24) is 10.2 Å². The van der Waals surface area contributed by atoms with Gasteiger partial charge in [-0.15, -0.1) is 0 Å². The van der Waals surface area contributed by atoms with Gasteiger partial charge < -0.3 is 10.2 Å². The third-order valence-electron chi connectivity index (χ3n) is 6.41. The van der Waals surface area contributed by atoms with E-state index in [0.717, 1.165) is 25.1 Å². The van der Waals surface area contributed by atoms with E-state index in [1.54, 1.807) is 0 Å². The van der Waals surface area contributed by atoms with Crippen molar-refractivity contribution in [1.29, 1.82) is 0 Å². The molecule has 1 N–H and O–H groups in total. The van der Waals surface area contributed by atoms with Crippen molar-refractivity contribution in [2.75, 3.05) is 19.6 Å². The minimum atomic E-state index is -4.91. The normalized spacial score (nSPS) is 19.5. The van der Waals surface area contributed by atoms with Gasteiger partial charge in [-0.1, -0.05) is 49.4 Å². The summed E-state index contributed by atoms with van der Waals surface area (Å²) < 4.78 is 77.9. The first kappa shape index (κ1) is 27.8. The first-order chi connectivity index (χ1) is 16.9. The number of carbonyl (C=O) groups is 1. The number of benzene rings is 2. The number of alkyl halides is 6. The lowest BCUT2D eigenvalue weighted by Crippen LogP contribution is -2.39. The highest BCUT2D eigenvalue weighted by molar-refractivity contribution is 5.75. The Labute approximate surface area is 207 Å². The summed E-state index contributed by atoms with van der Waals surface area (Å²) in [5.41, 5.74) is -1.86. The maximum absolute atomic E-state index is 13.0. The van der Waals surface area contributed by atoms with E-state index in [2.05, 4.69) is 41.4 Å². The molecule has 1 saturated heterocycles. The summed E-state index contributed by atoms with van der Waals surface area (Å²) in [6.07, 6.45) is -3.73. The Morgan fingerprint density at radius 3 is 2.25 bits per heavy atom. The summed E-state index contributed by atoms with van der Waals surface area (Å²) in [5.74, 6) is 0.518. The lowest BCUT2D eigenvalue weighted by molar-refractivity contribution is -0.143. The number of halogens is 6. The van der Waals surface area contributed by atoms with E-state index in [0.29, 0.717) is 36.9 Å². The average Bonchev–Trinajstić information content (AvgIpc) is 2.81. The van der Waals surface area contributed by atoms with Gasteiger partial charge in [-0.3, -0.25) is 4.79 Å². The summed E-state index contributed by atoms with van der Waals surface area (Å²) in [4.78, 5) is 14.5. The smallest absolute Gasteiger partial charge is 0.352 e. The molecule has 1 amide bonds. The SMILES string of the molecule is C[C@H]1CN(CCCC(=O)NCc2cc(C(F)(F)F)cc(C(F)(F)F)c2)CC[C@H]1/C=C\c1ccccc1. The first-order valence-electron chi connectivity index (χ1n) is 11.9. The van der Waals surface area contributed by atoms with Crippen LogP contribution in [0.4, 0.5) is 26.3 Å². The van der Waals surface area contributed by atoms with Crippen LogP contribution in [0.25, 0.3) is 6.08 Å². The summed E-state index contributed by atoms with van der Waals surface area (Å²) >= 11 is 0. The number of allylic oxidation sites excluding steroid dienone is 1. The number of nitrogens with zero attached hydrogens (tertiary/aromatic N) is 1. The van der Waals surface area contributed by atoms with E-state index >= 15 is 0 Å². The Morgan fingerprint density at radius 2 is 1.67 bits per heavy atom. The number of piperidine rings is 1. The largest absolute Gasteiger partial charge is 0.416 e. The van der Waals surface area contributed by atoms with Crippen molar-refractivity contribution in [2.24, 2.45) is 11.8 Å². The lowest BCUT2D eigenvalue weighted by Gasteiger charge is -2.35. The molecule has 0 bridgehead atoms. The highest BCUT2D eigenvalue weighted by atomic mass is 19.4. The van der Waals surface area contributed by atoms with E-state index in [1.807, 2.05) is 18.2 Å². The zero-order valence-electron chi connectivity index (χ0n) is 20.0. The zero-order valence-corrected chi connectivity index (χ0v) is 20.0. The van der Waals surface area contributed by atoms with Gasteiger partial charge in [0.05, 0.1) is 11.1 Å². The quantitative estimate of drug-likeness (QED) is 0.395. The van der Waals surface area contributed by atoms with Crippen molar-refractivity contribution < 1.29 is 31.1 Å². The standard InChI is InChI=1S/C27H30F6N2O/c1-19-18-35(13-11-22(19)10-9-20-6-3-2-4-7-20)12-5-8-25(36)34-17-21-14-23(26(28,29)30)16-24(15-21)27(31,32)33/h2-4,6-7,9-10,14-16,19,22H,5,8,11-13,17-18H2,1H3,(H,34,36)/b10-9-/t19-,22+/m0/s1. The maximum atomic E-state index is 13.0. The minimum absolute atomic E-state index is 0.0763. The van der Waals surface area contributed by atoms with Gasteiger partial charge in [0.2, 0.25) is 5.91 Å². The molecule has 2 aromatic carbocycles. The molecule has 0 unspecified atom stereocenters. The third kappa shape index (κ3) is 8.40. The second-order valence-electron chi connectivity index (χ2n) is 9.29. The van der Waals surface area contributed by atoms with Crippen LogP contribution >= 0.6 is 0 Å². The number of amides is 1. The van der Waals surface area contributed by atoms with Crippen LogP contribution in [-0.2, 0) is 23.7 Å². The molecule has 1 aliphatic heterocycles. The Kier molecular flexibility index (Phi) is 9.22. The van der Waals surface area contributed by atoms with Crippen LogP contribution in [-0.4, -0.2) is 30.4 Å². The van der Waals surface area contributed by atoms with Gasteiger partial charge in [0.1, 0.15) is 0 Å². The monoisotopic (exact) mass is 512 g/mol. The molecule has 2 aromatic rings. The number of carbonyl (C=O) groups excluding carboxylic acids is 1. The minimum Gasteiger partial charge on any atom is -0.352 e. The second-order valence-corrected chi connectivity index (χ2v) is 9.29. The van der Waals surface area contributed by atoms with Gasteiger partial charge in [-0.2, -0.15) is 26.3 Å². The summed E-state index contributed by atoms with van der Waals surface area (Å²) in [7, 11) is 0. The van der Waals surface area contributed by atoms with Crippen LogP contribution in [0.5, 0.6) is 0 Å². The van der Waals surface area contributed by atoms with Crippen molar-refractivity contribution in [2.45, 2.75) is 45.1 Å². The molecule has 1 fully saturated rings. The molecule has 1 aliphatic rings. The predicted molar refractivity (Wildman–Crippen MR) is 127 cm³/mol. The molecule has 1 heterocycles. The fourth-order valence-electron chi connectivity index (χ4n) is 4.41. The van der Waals surface area contributed by atoms with Crippen LogP contribution in [0, 0.1) is 11.8 Å². The van der Waals surface area contributed by atoms with Crippen molar-refractivity contribution in [3.05, 3.63) is 76.9 Å². The Bertz CT molecular complexity index is 1000. The van der Waals surface area contributed by atoms with E-state index in [1.165, 1.54) is 0 Å². The number of rotatable bonds is 8. The molecule has 0 spiro atoms. The van der Waals surface area contributed by atoms with Crippen molar-refractivity contribution in [3.63, 3.8) is 0 Å². The molecule has 0 aromatic heterocycles. The fraction of sp³-hybridized carbons (Fsp3) is 0.444. The number of nitrogens with one attached hydrogen (secondary N) is 1. The fourth-order valence-corrected chi connectivity index (χ4v) is 4.41. The molecule has 2 atom stereocenters. The van der Waals surface area contributed by atoms with Crippen molar-refractivity contribution >= 4 is 12.0 Å². The molecular weight excluding hydrogens is 482 g/mol. The van der Waals surface area contributed by atoms with E-state index < -0.39 is 35.9 Å². The maximum Gasteiger partial charge on any atom is 0.416 e.